The molecule has 1 fully saturated rings. The third-order valence-corrected chi connectivity index (χ3v) is 4.12. The number of hydrogen-bond donors (Lipinski definition) is 2. The van der Waals surface area contributed by atoms with Crippen molar-refractivity contribution in [3.63, 3.8) is 0 Å². The summed E-state index contributed by atoms with van der Waals surface area (Å²) in [6.45, 7) is 2.68. The van der Waals surface area contributed by atoms with Gasteiger partial charge in [-0.3, -0.25) is 4.68 Å². The number of aliphatic hydroxyl groups is 1. The fraction of sp³-hybridized carbons (Fsp3) is 0.846. The fourth-order valence-electron chi connectivity index (χ4n) is 2.55. The van der Waals surface area contributed by atoms with Gasteiger partial charge in [-0.25, -0.2) is 0 Å². The molecule has 2 rings (SSSR count). The Hall–Kier alpha value is -0.980. The number of rotatable bonds is 8. The molecule has 19 heavy (non-hydrogen) atoms. The van der Waals surface area contributed by atoms with Gasteiger partial charge in [0.05, 0.1) is 5.69 Å². The van der Waals surface area contributed by atoms with Crippen LogP contribution in [0.5, 0.6) is 0 Å². The molecule has 0 aliphatic heterocycles. The Morgan fingerprint density at radius 3 is 2.84 bits per heavy atom. The van der Waals surface area contributed by atoms with Crippen LogP contribution in [0.15, 0.2) is 6.20 Å². The van der Waals surface area contributed by atoms with Crippen molar-refractivity contribution in [1.29, 1.82) is 0 Å². The van der Waals surface area contributed by atoms with Gasteiger partial charge in [0.25, 0.3) is 0 Å². The SMILES string of the molecule is CN(C)C1(CNCc2cn(CCCO)nn2)CCC1. The Morgan fingerprint density at radius 2 is 2.26 bits per heavy atom. The topological polar surface area (TPSA) is 66.2 Å². The van der Waals surface area contributed by atoms with Crippen LogP contribution in [0.2, 0.25) is 0 Å². The van der Waals surface area contributed by atoms with Gasteiger partial charge in [-0.15, -0.1) is 5.10 Å². The summed E-state index contributed by atoms with van der Waals surface area (Å²) in [7, 11) is 4.32. The predicted molar refractivity (Wildman–Crippen MR) is 73.7 cm³/mol. The Kier molecular flexibility index (Phi) is 4.90. The monoisotopic (exact) mass is 267 g/mol. The smallest absolute Gasteiger partial charge is 0.0964 e. The van der Waals surface area contributed by atoms with Crippen LogP contribution >= 0.6 is 0 Å². The summed E-state index contributed by atoms with van der Waals surface area (Å²) < 4.78 is 1.79. The van der Waals surface area contributed by atoms with Crippen molar-refractivity contribution in [2.75, 3.05) is 27.2 Å². The lowest BCUT2D eigenvalue weighted by molar-refractivity contribution is 0.0597. The van der Waals surface area contributed by atoms with Crippen LogP contribution in [0.3, 0.4) is 0 Å². The van der Waals surface area contributed by atoms with E-state index in [0.29, 0.717) is 5.54 Å². The Labute approximate surface area is 114 Å². The summed E-state index contributed by atoms with van der Waals surface area (Å²) in [5, 5.41) is 20.4. The van der Waals surface area contributed by atoms with Gasteiger partial charge in [0.1, 0.15) is 0 Å². The lowest BCUT2D eigenvalue weighted by atomic mass is 9.75. The summed E-state index contributed by atoms with van der Waals surface area (Å²) in [4.78, 5) is 2.33. The summed E-state index contributed by atoms with van der Waals surface area (Å²) in [6.07, 6.45) is 6.55. The number of nitrogens with one attached hydrogen (secondary N) is 1. The molecule has 6 heteroatoms. The van der Waals surface area contributed by atoms with E-state index in [1.165, 1.54) is 19.3 Å². The molecule has 0 spiro atoms. The zero-order chi connectivity index (χ0) is 13.7. The minimum atomic E-state index is 0.193. The third kappa shape index (κ3) is 3.52. The van der Waals surface area contributed by atoms with Gasteiger partial charge in [0.2, 0.25) is 0 Å². The summed E-state index contributed by atoms with van der Waals surface area (Å²) >= 11 is 0. The van der Waals surface area contributed by atoms with Crippen LogP contribution in [-0.4, -0.2) is 57.8 Å². The van der Waals surface area contributed by atoms with Crippen molar-refractivity contribution in [3.8, 4) is 0 Å². The summed E-state index contributed by atoms with van der Waals surface area (Å²) in [5.41, 5.74) is 1.30. The standard InChI is InChI=1S/C13H25N5O/c1-17(2)13(5-3-6-13)11-14-9-12-10-18(16-15-12)7-4-8-19/h10,14,19H,3-9,11H2,1-2H3. The highest BCUT2D eigenvalue weighted by Crippen LogP contribution is 2.35. The summed E-state index contributed by atoms with van der Waals surface area (Å²) in [5.74, 6) is 0. The maximum absolute atomic E-state index is 8.77. The molecule has 0 atom stereocenters. The Balaban J connectivity index is 1.74. The van der Waals surface area contributed by atoms with Gasteiger partial charge < -0.3 is 15.3 Å². The fourth-order valence-corrected chi connectivity index (χ4v) is 2.55. The minimum absolute atomic E-state index is 0.193. The van der Waals surface area contributed by atoms with Gasteiger partial charge in [-0.2, -0.15) is 0 Å². The molecule has 1 aliphatic rings. The molecule has 0 unspecified atom stereocenters. The molecular weight excluding hydrogens is 242 g/mol. The first-order valence-electron chi connectivity index (χ1n) is 7.04. The van der Waals surface area contributed by atoms with E-state index in [-0.39, 0.29) is 6.61 Å². The Bertz CT molecular complexity index is 386. The molecule has 2 N–H and O–H groups in total. The zero-order valence-electron chi connectivity index (χ0n) is 12.0. The normalized spacial score (nSPS) is 17.7. The maximum atomic E-state index is 8.77. The van der Waals surface area contributed by atoms with Crippen LogP contribution in [0.4, 0.5) is 0 Å². The van der Waals surface area contributed by atoms with Gasteiger partial charge >= 0.3 is 0 Å². The highest BCUT2D eigenvalue weighted by molar-refractivity contribution is 4.99. The zero-order valence-corrected chi connectivity index (χ0v) is 12.0. The van der Waals surface area contributed by atoms with Crippen LogP contribution in [0.1, 0.15) is 31.4 Å². The first-order chi connectivity index (χ1) is 9.16. The molecule has 0 amide bonds. The van der Waals surface area contributed by atoms with Crippen molar-refractivity contribution in [1.82, 2.24) is 25.2 Å². The minimum Gasteiger partial charge on any atom is -0.396 e. The summed E-state index contributed by atoms with van der Waals surface area (Å²) in [6, 6.07) is 0. The first-order valence-corrected chi connectivity index (χ1v) is 7.04. The average Bonchev–Trinajstić information content (AvgIpc) is 2.77. The van der Waals surface area contributed by atoms with Crippen LogP contribution in [0, 0.1) is 0 Å². The highest BCUT2D eigenvalue weighted by Gasteiger charge is 2.38. The number of nitrogens with zero attached hydrogens (tertiary/aromatic N) is 4. The van der Waals surface area contributed by atoms with Crippen LogP contribution in [0.25, 0.3) is 0 Å². The van der Waals surface area contributed by atoms with Crippen LogP contribution < -0.4 is 5.32 Å². The van der Waals surface area contributed by atoms with E-state index in [1.807, 2.05) is 6.20 Å². The molecule has 0 bridgehead atoms. The highest BCUT2D eigenvalue weighted by atomic mass is 16.3. The van der Waals surface area contributed by atoms with Crippen molar-refractivity contribution in [3.05, 3.63) is 11.9 Å². The maximum Gasteiger partial charge on any atom is 0.0964 e. The van der Waals surface area contributed by atoms with E-state index >= 15 is 0 Å². The number of aromatic nitrogens is 3. The first kappa shape index (κ1) is 14.4. The van der Waals surface area contributed by atoms with E-state index in [9.17, 15) is 0 Å². The van der Waals surface area contributed by atoms with Gasteiger partial charge in [0.15, 0.2) is 0 Å². The molecule has 0 aromatic carbocycles. The van der Waals surface area contributed by atoms with E-state index in [0.717, 1.165) is 31.7 Å². The number of aryl methyl sites for hydroxylation is 1. The second kappa shape index (κ2) is 6.45. The number of hydrogen-bond acceptors (Lipinski definition) is 5. The van der Waals surface area contributed by atoms with E-state index < -0.39 is 0 Å². The molecule has 1 aliphatic carbocycles. The molecule has 1 heterocycles. The molecule has 0 saturated heterocycles. The van der Waals surface area contributed by atoms with Crippen molar-refractivity contribution >= 4 is 0 Å². The van der Waals surface area contributed by atoms with E-state index in [2.05, 4.69) is 34.6 Å². The number of likely N-dealkylation sites (N-methyl/N-ethyl adjacent to an activating group) is 1. The molecule has 108 valence electrons. The lowest BCUT2D eigenvalue weighted by Crippen LogP contribution is -2.56. The molecule has 1 aromatic rings. The molecule has 6 nitrogen and oxygen atoms in total. The van der Waals surface area contributed by atoms with Gasteiger partial charge in [0, 0.05) is 38.0 Å². The molecular formula is C13H25N5O. The predicted octanol–water partition coefficient (Wildman–Crippen LogP) is 0.234. The molecule has 1 saturated carbocycles. The van der Waals surface area contributed by atoms with E-state index in [1.54, 1.807) is 4.68 Å². The molecule has 0 radical (unpaired) electrons. The lowest BCUT2D eigenvalue weighted by Gasteiger charge is -2.47. The molecule has 1 aromatic heterocycles. The third-order valence-electron chi connectivity index (χ3n) is 4.12. The average molecular weight is 267 g/mol. The second-order valence-corrected chi connectivity index (χ2v) is 5.63. The Morgan fingerprint density at radius 1 is 1.47 bits per heavy atom. The van der Waals surface area contributed by atoms with Gasteiger partial charge in [-0.05, 0) is 39.8 Å². The van der Waals surface area contributed by atoms with Crippen molar-refractivity contribution in [2.24, 2.45) is 0 Å². The van der Waals surface area contributed by atoms with Gasteiger partial charge in [-0.1, -0.05) is 5.21 Å². The number of aliphatic hydroxyl groups excluding tert-OH is 1. The largest absolute Gasteiger partial charge is 0.396 e. The van der Waals surface area contributed by atoms with Crippen molar-refractivity contribution in [2.45, 2.75) is 44.3 Å². The van der Waals surface area contributed by atoms with Crippen molar-refractivity contribution < 1.29 is 5.11 Å². The quantitative estimate of drug-likeness (QED) is 0.706. The van der Waals surface area contributed by atoms with E-state index in [4.69, 9.17) is 5.11 Å². The van der Waals surface area contributed by atoms with Crippen LogP contribution in [-0.2, 0) is 13.1 Å². The second-order valence-electron chi connectivity index (χ2n) is 5.63.